The highest BCUT2D eigenvalue weighted by Crippen LogP contribution is 2.28. The normalized spacial score (nSPS) is 31.6. The van der Waals surface area contributed by atoms with E-state index in [0.29, 0.717) is 26.1 Å². The SMILES string of the molecule is CS(=O)(=O)N1CC(C(=O)N2CC[C@](O)(CN3CCCC3)C2)C1. The minimum atomic E-state index is -3.19. The van der Waals surface area contributed by atoms with Crippen LogP contribution in [0.25, 0.3) is 0 Å². The van der Waals surface area contributed by atoms with E-state index in [-0.39, 0.29) is 24.9 Å². The van der Waals surface area contributed by atoms with E-state index in [1.165, 1.54) is 23.4 Å². The molecule has 1 atom stereocenters. The summed E-state index contributed by atoms with van der Waals surface area (Å²) >= 11 is 0. The van der Waals surface area contributed by atoms with Crippen molar-refractivity contribution < 1.29 is 18.3 Å². The molecule has 0 radical (unpaired) electrons. The van der Waals surface area contributed by atoms with Crippen LogP contribution in [0, 0.1) is 5.92 Å². The zero-order valence-electron chi connectivity index (χ0n) is 13.1. The lowest BCUT2D eigenvalue weighted by atomic mass is 10.0. The summed E-state index contributed by atoms with van der Waals surface area (Å²) in [7, 11) is -3.19. The molecule has 0 aromatic rings. The number of carbonyl (C=O) groups excluding carboxylic acids is 1. The molecule has 7 nitrogen and oxygen atoms in total. The van der Waals surface area contributed by atoms with Crippen LogP contribution in [-0.4, -0.2) is 91.2 Å². The van der Waals surface area contributed by atoms with Crippen LogP contribution in [0.15, 0.2) is 0 Å². The Balaban J connectivity index is 1.51. The molecule has 0 unspecified atom stereocenters. The molecule has 3 heterocycles. The van der Waals surface area contributed by atoms with Gasteiger partial charge in [0.05, 0.1) is 24.3 Å². The van der Waals surface area contributed by atoms with E-state index in [0.717, 1.165) is 13.1 Å². The van der Waals surface area contributed by atoms with Crippen LogP contribution in [0.5, 0.6) is 0 Å². The maximum Gasteiger partial charge on any atom is 0.228 e. The van der Waals surface area contributed by atoms with Gasteiger partial charge in [-0.3, -0.25) is 4.79 Å². The second-order valence-corrected chi connectivity index (χ2v) is 8.98. The lowest BCUT2D eigenvalue weighted by molar-refractivity contribution is -0.139. The molecule has 0 aromatic heterocycles. The smallest absolute Gasteiger partial charge is 0.228 e. The van der Waals surface area contributed by atoms with Crippen molar-refractivity contribution in [2.75, 3.05) is 52.1 Å². The fourth-order valence-electron chi connectivity index (χ4n) is 3.65. The van der Waals surface area contributed by atoms with Gasteiger partial charge >= 0.3 is 0 Å². The predicted molar refractivity (Wildman–Crippen MR) is 81.7 cm³/mol. The summed E-state index contributed by atoms with van der Waals surface area (Å²) in [6, 6.07) is 0. The van der Waals surface area contributed by atoms with Gasteiger partial charge in [0.1, 0.15) is 0 Å². The lowest BCUT2D eigenvalue weighted by Gasteiger charge is -2.38. The van der Waals surface area contributed by atoms with Crippen molar-refractivity contribution in [3.63, 3.8) is 0 Å². The topological polar surface area (TPSA) is 81.2 Å². The number of sulfonamides is 1. The summed E-state index contributed by atoms with van der Waals surface area (Å²) in [4.78, 5) is 16.4. The molecule has 3 rings (SSSR count). The monoisotopic (exact) mass is 331 g/mol. The third kappa shape index (κ3) is 3.29. The van der Waals surface area contributed by atoms with Crippen molar-refractivity contribution >= 4 is 15.9 Å². The third-order valence-corrected chi connectivity index (χ3v) is 6.26. The molecule has 0 bridgehead atoms. The Labute approximate surface area is 131 Å². The molecule has 3 aliphatic heterocycles. The number of nitrogens with zero attached hydrogens (tertiary/aromatic N) is 3. The van der Waals surface area contributed by atoms with Crippen LogP contribution < -0.4 is 0 Å². The first-order valence-corrected chi connectivity index (χ1v) is 9.80. The van der Waals surface area contributed by atoms with Crippen LogP contribution in [0.1, 0.15) is 19.3 Å². The maximum atomic E-state index is 12.4. The van der Waals surface area contributed by atoms with Crippen LogP contribution in [0.3, 0.4) is 0 Å². The number of likely N-dealkylation sites (tertiary alicyclic amines) is 2. The summed E-state index contributed by atoms with van der Waals surface area (Å²) in [6.45, 7) is 4.19. The number of β-amino-alcohol motifs (C(OH)–C–C–N with tert-alkyl or cyclic N) is 1. The van der Waals surface area contributed by atoms with E-state index in [4.69, 9.17) is 0 Å². The zero-order chi connectivity index (χ0) is 16.0. The second-order valence-electron chi connectivity index (χ2n) is 6.99. The average molecular weight is 331 g/mol. The first-order valence-electron chi connectivity index (χ1n) is 7.95. The molecule has 0 saturated carbocycles. The molecule has 3 fully saturated rings. The van der Waals surface area contributed by atoms with E-state index in [9.17, 15) is 18.3 Å². The van der Waals surface area contributed by atoms with Crippen LogP contribution >= 0.6 is 0 Å². The molecular formula is C14H25N3O4S. The van der Waals surface area contributed by atoms with Gasteiger partial charge in [0.2, 0.25) is 15.9 Å². The Morgan fingerprint density at radius 2 is 1.86 bits per heavy atom. The van der Waals surface area contributed by atoms with E-state index in [1.54, 1.807) is 4.90 Å². The minimum Gasteiger partial charge on any atom is -0.387 e. The Hall–Kier alpha value is -0.700. The molecule has 0 aromatic carbocycles. The highest BCUT2D eigenvalue weighted by Gasteiger charge is 2.45. The van der Waals surface area contributed by atoms with Crippen molar-refractivity contribution in [3.8, 4) is 0 Å². The van der Waals surface area contributed by atoms with Gasteiger partial charge < -0.3 is 14.9 Å². The Kier molecular flexibility index (Phi) is 4.22. The summed E-state index contributed by atoms with van der Waals surface area (Å²) in [6.07, 6.45) is 4.14. The molecule has 3 saturated heterocycles. The first-order chi connectivity index (χ1) is 10.3. The van der Waals surface area contributed by atoms with Gasteiger partial charge in [-0.1, -0.05) is 0 Å². The van der Waals surface area contributed by atoms with Crippen molar-refractivity contribution in [1.29, 1.82) is 0 Å². The Morgan fingerprint density at radius 3 is 2.45 bits per heavy atom. The van der Waals surface area contributed by atoms with Crippen molar-refractivity contribution in [2.45, 2.75) is 24.9 Å². The van der Waals surface area contributed by atoms with Gasteiger partial charge in [0, 0.05) is 26.2 Å². The van der Waals surface area contributed by atoms with Gasteiger partial charge in [-0.15, -0.1) is 0 Å². The van der Waals surface area contributed by atoms with E-state index >= 15 is 0 Å². The molecule has 0 spiro atoms. The number of hydrogen-bond donors (Lipinski definition) is 1. The highest BCUT2D eigenvalue weighted by molar-refractivity contribution is 7.88. The summed E-state index contributed by atoms with van der Waals surface area (Å²) in [5, 5.41) is 10.7. The number of rotatable bonds is 4. The van der Waals surface area contributed by atoms with Gasteiger partial charge in [-0.25, -0.2) is 12.7 Å². The summed E-state index contributed by atoms with van der Waals surface area (Å²) in [5.41, 5.74) is -0.805. The lowest BCUT2D eigenvalue weighted by Crippen LogP contribution is -2.56. The molecule has 1 amide bonds. The van der Waals surface area contributed by atoms with Crippen LogP contribution in [0.2, 0.25) is 0 Å². The number of amides is 1. The van der Waals surface area contributed by atoms with Crippen LogP contribution in [0.4, 0.5) is 0 Å². The summed E-state index contributed by atoms with van der Waals surface area (Å²) in [5.74, 6) is -0.263. The molecule has 126 valence electrons. The van der Waals surface area contributed by atoms with Crippen molar-refractivity contribution in [2.24, 2.45) is 5.92 Å². The van der Waals surface area contributed by atoms with Gasteiger partial charge in [-0.2, -0.15) is 0 Å². The van der Waals surface area contributed by atoms with E-state index in [1.807, 2.05) is 0 Å². The maximum absolute atomic E-state index is 12.4. The number of carbonyl (C=O) groups is 1. The second kappa shape index (κ2) is 5.74. The Morgan fingerprint density at radius 1 is 1.23 bits per heavy atom. The standard InChI is InChI=1S/C14H25N3O4S/c1-22(20,21)17-8-12(9-17)13(18)16-7-4-14(19,11-16)10-15-5-2-3-6-15/h12,19H,2-11H2,1H3/t14-/m0/s1. The molecule has 1 N–H and O–H groups in total. The van der Waals surface area contributed by atoms with Gasteiger partial charge in [0.15, 0.2) is 0 Å². The fraction of sp³-hybridized carbons (Fsp3) is 0.929. The van der Waals surface area contributed by atoms with Gasteiger partial charge in [-0.05, 0) is 32.4 Å². The fourth-order valence-corrected chi connectivity index (χ4v) is 4.56. The molecule has 8 heteroatoms. The van der Waals surface area contributed by atoms with E-state index in [2.05, 4.69) is 4.90 Å². The molecule has 3 aliphatic rings. The first kappa shape index (κ1) is 16.2. The predicted octanol–water partition coefficient (Wildman–Crippen LogP) is -1.06. The van der Waals surface area contributed by atoms with Crippen molar-refractivity contribution in [3.05, 3.63) is 0 Å². The molecule has 22 heavy (non-hydrogen) atoms. The van der Waals surface area contributed by atoms with Crippen LogP contribution in [-0.2, 0) is 14.8 Å². The Bertz CT molecular complexity index is 540. The zero-order valence-corrected chi connectivity index (χ0v) is 13.9. The third-order valence-electron chi connectivity index (χ3n) is 5.03. The molecule has 0 aliphatic carbocycles. The number of hydrogen-bond acceptors (Lipinski definition) is 5. The summed E-state index contributed by atoms with van der Waals surface area (Å²) < 4.78 is 24.0. The van der Waals surface area contributed by atoms with Gasteiger partial charge in [0.25, 0.3) is 0 Å². The average Bonchev–Trinajstić information content (AvgIpc) is 2.95. The largest absolute Gasteiger partial charge is 0.387 e. The number of aliphatic hydroxyl groups is 1. The van der Waals surface area contributed by atoms with E-state index < -0.39 is 15.6 Å². The molecular weight excluding hydrogens is 306 g/mol. The minimum absolute atomic E-state index is 0.0164. The van der Waals surface area contributed by atoms with Crippen molar-refractivity contribution in [1.82, 2.24) is 14.1 Å². The highest BCUT2D eigenvalue weighted by atomic mass is 32.2. The quantitative estimate of drug-likeness (QED) is 0.710.